The Balaban J connectivity index is 3.58. The van der Waals surface area contributed by atoms with E-state index in [1.165, 1.54) is 0 Å². The predicted molar refractivity (Wildman–Crippen MR) is 41.7 cm³/mol. The molecular formula is C7H4FNO5. The first kappa shape index (κ1) is 9.90. The number of hydrogen-bond donors (Lipinski definition) is 2. The Morgan fingerprint density at radius 3 is 2.43 bits per heavy atom. The van der Waals surface area contributed by atoms with Gasteiger partial charge in [-0.1, -0.05) is 0 Å². The van der Waals surface area contributed by atoms with Gasteiger partial charge in [0.05, 0.1) is 4.92 Å². The third-order valence-electron chi connectivity index (χ3n) is 1.50. The maximum Gasteiger partial charge on any atom is 0.345 e. The van der Waals surface area contributed by atoms with Crippen molar-refractivity contribution in [2.24, 2.45) is 0 Å². The summed E-state index contributed by atoms with van der Waals surface area (Å²) in [4.78, 5) is 19.6. The second-order valence-electron chi connectivity index (χ2n) is 2.35. The van der Waals surface area contributed by atoms with E-state index in [1.807, 2.05) is 0 Å². The summed E-state index contributed by atoms with van der Waals surface area (Å²) in [5.74, 6) is -3.94. The van der Waals surface area contributed by atoms with Gasteiger partial charge in [0.15, 0.2) is 11.3 Å². The minimum absolute atomic E-state index is 0.645. The molecule has 1 rings (SSSR count). The Morgan fingerprint density at radius 2 is 2.07 bits per heavy atom. The highest BCUT2D eigenvalue weighted by molar-refractivity contribution is 5.93. The van der Waals surface area contributed by atoms with E-state index >= 15 is 0 Å². The molecule has 2 N–H and O–H groups in total. The quantitative estimate of drug-likeness (QED) is 0.551. The average molecular weight is 201 g/mol. The van der Waals surface area contributed by atoms with Gasteiger partial charge >= 0.3 is 11.7 Å². The number of carboxylic acid groups (broad SMARTS) is 1. The molecular weight excluding hydrogens is 197 g/mol. The Morgan fingerprint density at radius 1 is 1.50 bits per heavy atom. The van der Waals surface area contributed by atoms with Gasteiger partial charge in [-0.3, -0.25) is 10.1 Å². The molecule has 6 nitrogen and oxygen atoms in total. The van der Waals surface area contributed by atoms with Crippen LogP contribution < -0.4 is 0 Å². The Bertz CT molecular complexity index is 378. The van der Waals surface area contributed by atoms with Crippen LogP contribution >= 0.6 is 0 Å². The van der Waals surface area contributed by atoms with E-state index in [0.717, 1.165) is 6.07 Å². The van der Waals surface area contributed by atoms with Crippen LogP contribution in [0.5, 0.6) is 5.75 Å². The van der Waals surface area contributed by atoms with E-state index in [9.17, 15) is 19.3 Å². The molecule has 1 aromatic carbocycles. The molecule has 0 aromatic heterocycles. The van der Waals surface area contributed by atoms with Crippen molar-refractivity contribution in [3.05, 3.63) is 33.6 Å². The standard InChI is InChI=1S/C7H4FNO5/c8-3-1-2-4(10)6(9(13)14)5(3)7(11)12/h1-2,10H,(H,11,12). The van der Waals surface area contributed by atoms with Gasteiger partial charge in [0.1, 0.15) is 5.82 Å². The van der Waals surface area contributed by atoms with Crippen molar-refractivity contribution in [2.45, 2.75) is 0 Å². The number of rotatable bonds is 2. The molecule has 0 saturated heterocycles. The lowest BCUT2D eigenvalue weighted by atomic mass is 10.1. The lowest BCUT2D eigenvalue weighted by molar-refractivity contribution is -0.386. The molecule has 0 spiro atoms. The number of nitrogens with zero attached hydrogens (tertiary/aromatic N) is 1. The van der Waals surface area contributed by atoms with Gasteiger partial charge in [-0.25, -0.2) is 9.18 Å². The number of benzene rings is 1. The normalized spacial score (nSPS) is 9.79. The minimum Gasteiger partial charge on any atom is -0.502 e. The SMILES string of the molecule is O=C(O)c1c(F)ccc(O)c1[N+](=O)[O-]. The monoisotopic (exact) mass is 201 g/mol. The molecule has 0 radical (unpaired) electrons. The van der Waals surface area contributed by atoms with Crippen LogP contribution in [0.1, 0.15) is 10.4 Å². The van der Waals surface area contributed by atoms with Crippen molar-refractivity contribution >= 4 is 11.7 Å². The molecule has 1 aromatic rings. The summed E-state index contributed by atoms with van der Waals surface area (Å²) in [5, 5.41) is 27.7. The largest absolute Gasteiger partial charge is 0.502 e. The summed E-state index contributed by atoms with van der Waals surface area (Å²) in [5.41, 5.74) is -2.28. The zero-order valence-corrected chi connectivity index (χ0v) is 6.60. The number of nitro groups is 1. The zero-order valence-electron chi connectivity index (χ0n) is 6.60. The minimum atomic E-state index is -1.80. The van der Waals surface area contributed by atoms with Crippen LogP contribution in [0.15, 0.2) is 12.1 Å². The van der Waals surface area contributed by atoms with E-state index in [4.69, 9.17) is 10.2 Å². The smallest absolute Gasteiger partial charge is 0.345 e. The van der Waals surface area contributed by atoms with E-state index in [2.05, 4.69) is 0 Å². The van der Waals surface area contributed by atoms with Gasteiger partial charge in [0.2, 0.25) is 0 Å². The number of phenolic OH excluding ortho intramolecular Hbond substituents is 1. The fourth-order valence-electron chi connectivity index (χ4n) is 0.944. The highest BCUT2D eigenvalue weighted by atomic mass is 19.1. The Kier molecular flexibility index (Phi) is 2.32. The van der Waals surface area contributed by atoms with Crippen LogP contribution in [0.4, 0.5) is 10.1 Å². The molecule has 0 amide bonds. The number of hydrogen-bond acceptors (Lipinski definition) is 4. The van der Waals surface area contributed by atoms with Gasteiger partial charge in [0.25, 0.3) is 0 Å². The number of nitro benzene ring substituents is 1. The number of carbonyl (C=O) groups is 1. The molecule has 0 heterocycles. The van der Waals surface area contributed by atoms with Gasteiger partial charge in [-0.05, 0) is 12.1 Å². The summed E-state index contributed by atoms with van der Waals surface area (Å²) >= 11 is 0. The summed E-state index contributed by atoms with van der Waals surface area (Å²) < 4.78 is 12.8. The van der Waals surface area contributed by atoms with E-state index < -0.39 is 33.7 Å². The average Bonchev–Trinajstić information content (AvgIpc) is 2.07. The predicted octanol–water partition coefficient (Wildman–Crippen LogP) is 1.14. The summed E-state index contributed by atoms with van der Waals surface area (Å²) in [6, 6.07) is 1.37. The highest BCUT2D eigenvalue weighted by Crippen LogP contribution is 2.31. The van der Waals surface area contributed by atoms with Gasteiger partial charge < -0.3 is 10.2 Å². The first-order chi connectivity index (χ1) is 6.45. The number of carboxylic acids is 1. The maximum absolute atomic E-state index is 12.8. The Labute approximate surface area is 76.4 Å². The number of aromatic hydroxyl groups is 1. The van der Waals surface area contributed by atoms with Crippen LogP contribution in [-0.4, -0.2) is 21.1 Å². The van der Waals surface area contributed by atoms with Gasteiger partial charge in [0, 0.05) is 0 Å². The third kappa shape index (κ3) is 1.47. The van der Waals surface area contributed by atoms with Crippen molar-refractivity contribution in [1.29, 1.82) is 0 Å². The fourth-order valence-corrected chi connectivity index (χ4v) is 0.944. The van der Waals surface area contributed by atoms with Crippen molar-refractivity contribution in [3.63, 3.8) is 0 Å². The van der Waals surface area contributed by atoms with Crippen molar-refractivity contribution in [1.82, 2.24) is 0 Å². The van der Waals surface area contributed by atoms with Crippen LogP contribution in [0, 0.1) is 15.9 Å². The summed E-state index contributed by atoms with van der Waals surface area (Å²) in [6.45, 7) is 0. The summed E-state index contributed by atoms with van der Waals surface area (Å²) in [6.07, 6.45) is 0. The molecule has 7 heteroatoms. The Hall–Kier alpha value is -2.18. The van der Waals surface area contributed by atoms with Gasteiger partial charge in [-0.15, -0.1) is 0 Å². The molecule has 0 saturated carbocycles. The first-order valence-electron chi connectivity index (χ1n) is 3.34. The number of halogens is 1. The second-order valence-corrected chi connectivity index (χ2v) is 2.35. The molecule has 0 fully saturated rings. The van der Waals surface area contributed by atoms with Crippen molar-refractivity contribution in [2.75, 3.05) is 0 Å². The molecule has 0 aliphatic carbocycles. The first-order valence-corrected chi connectivity index (χ1v) is 3.34. The van der Waals surface area contributed by atoms with E-state index in [1.54, 1.807) is 0 Å². The topological polar surface area (TPSA) is 101 Å². The molecule has 0 aliphatic heterocycles. The molecule has 0 atom stereocenters. The molecule has 0 aliphatic rings. The van der Waals surface area contributed by atoms with Crippen molar-refractivity contribution < 1.29 is 24.3 Å². The molecule has 0 unspecified atom stereocenters. The van der Waals surface area contributed by atoms with E-state index in [0.29, 0.717) is 6.07 Å². The molecule has 74 valence electrons. The molecule has 0 bridgehead atoms. The molecule has 14 heavy (non-hydrogen) atoms. The van der Waals surface area contributed by atoms with E-state index in [-0.39, 0.29) is 0 Å². The lowest BCUT2D eigenvalue weighted by Crippen LogP contribution is -2.05. The number of phenols is 1. The summed E-state index contributed by atoms with van der Waals surface area (Å²) in [7, 11) is 0. The fraction of sp³-hybridized carbons (Fsp3) is 0. The number of aromatic carboxylic acids is 1. The third-order valence-corrected chi connectivity index (χ3v) is 1.50. The zero-order chi connectivity index (χ0) is 10.9. The van der Waals surface area contributed by atoms with Crippen molar-refractivity contribution in [3.8, 4) is 5.75 Å². The van der Waals surface area contributed by atoms with Crippen LogP contribution in [-0.2, 0) is 0 Å². The highest BCUT2D eigenvalue weighted by Gasteiger charge is 2.28. The second kappa shape index (κ2) is 3.29. The van der Waals surface area contributed by atoms with Crippen LogP contribution in [0.3, 0.4) is 0 Å². The van der Waals surface area contributed by atoms with Crippen LogP contribution in [0.25, 0.3) is 0 Å². The maximum atomic E-state index is 12.8. The lowest BCUT2D eigenvalue weighted by Gasteiger charge is -2.00. The van der Waals surface area contributed by atoms with Crippen LogP contribution in [0.2, 0.25) is 0 Å². The van der Waals surface area contributed by atoms with Gasteiger partial charge in [-0.2, -0.15) is 0 Å².